The van der Waals surface area contributed by atoms with E-state index in [1.54, 1.807) is 29.7 Å². The normalized spacial score (nSPS) is 11.0. The number of nitrogens with zero attached hydrogens (tertiary/aromatic N) is 3. The first kappa shape index (κ1) is 31.5. The number of sulfonamides is 1. The van der Waals surface area contributed by atoms with Crippen molar-refractivity contribution in [3.8, 4) is 0 Å². The number of hydrogen-bond acceptors (Lipinski definition) is 9. The lowest BCUT2D eigenvalue weighted by atomic mass is 10.1. The summed E-state index contributed by atoms with van der Waals surface area (Å²) in [5.74, 6) is -1.47. The van der Waals surface area contributed by atoms with Crippen molar-refractivity contribution in [2.75, 3.05) is 34.8 Å². The van der Waals surface area contributed by atoms with Crippen LogP contribution in [0.4, 0.5) is 33.2 Å². The molecule has 0 aliphatic rings. The Bertz CT molecular complexity index is 1490. The smallest absolute Gasteiger partial charge is 0.254 e. The average Bonchev–Trinajstić information content (AvgIpc) is 2.93. The van der Waals surface area contributed by atoms with Crippen LogP contribution < -0.4 is 25.7 Å². The topological polar surface area (TPSA) is 166 Å². The number of hydrogen-bond donors (Lipinski definition) is 5. The van der Waals surface area contributed by atoms with Gasteiger partial charge in [0.1, 0.15) is 10.8 Å². The lowest BCUT2D eigenvalue weighted by Gasteiger charge is -2.21. The molecule has 0 aliphatic carbocycles. The Morgan fingerprint density at radius 3 is 2.51 bits per heavy atom. The van der Waals surface area contributed by atoms with Crippen molar-refractivity contribution in [1.82, 2.24) is 20.8 Å². The molecule has 15 heteroatoms. The maximum absolute atomic E-state index is 14.7. The standard InChI is InChI=1S/C26H31ClFN7O5S/c1-35(41(2,39)40)22-10-7-6-9-21(22)32-24-19(27)16-30-26(33-24)31-17-12-13-18(20(28)15-17)25(37)29-14-8-4-3-5-11-23(36)34-38/h6-7,9-10,12-13,15-16,38H,3-5,8,11,14H2,1-2H3,(H,29,37)(H,34,36)(H2,30,31,32,33). The Morgan fingerprint density at radius 2 is 1.80 bits per heavy atom. The molecule has 0 radical (unpaired) electrons. The molecule has 1 heterocycles. The zero-order valence-corrected chi connectivity index (χ0v) is 24.0. The summed E-state index contributed by atoms with van der Waals surface area (Å²) in [7, 11) is -2.10. The number of nitrogens with one attached hydrogen (secondary N) is 4. The highest BCUT2D eigenvalue weighted by Crippen LogP contribution is 2.32. The van der Waals surface area contributed by atoms with Gasteiger partial charge in [0, 0.05) is 25.7 Å². The van der Waals surface area contributed by atoms with E-state index >= 15 is 0 Å². The second-order valence-electron chi connectivity index (χ2n) is 9.04. The number of amides is 2. The summed E-state index contributed by atoms with van der Waals surface area (Å²) in [5.41, 5.74) is 2.55. The highest BCUT2D eigenvalue weighted by atomic mass is 35.5. The van der Waals surface area contributed by atoms with E-state index in [0.717, 1.165) is 29.5 Å². The predicted octanol–water partition coefficient (Wildman–Crippen LogP) is 4.34. The molecule has 0 spiro atoms. The molecule has 1 aromatic heterocycles. The number of hydroxylamine groups is 1. The van der Waals surface area contributed by atoms with E-state index in [2.05, 4.69) is 25.9 Å². The molecule has 3 rings (SSSR count). The predicted molar refractivity (Wildman–Crippen MR) is 155 cm³/mol. The number of aromatic nitrogens is 2. The number of para-hydroxylation sites is 2. The molecule has 0 aliphatic heterocycles. The van der Waals surface area contributed by atoms with Crippen molar-refractivity contribution < 1.29 is 27.6 Å². The van der Waals surface area contributed by atoms with Crippen LogP contribution in [0, 0.1) is 5.82 Å². The summed E-state index contributed by atoms with van der Waals surface area (Å²) < 4.78 is 40.0. The van der Waals surface area contributed by atoms with Crippen molar-refractivity contribution in [2.24, 2.45) is 0 Å². The van der Waals surface area contributed by atoms with Crippen LogP contribution in [0.2, 0.25) is 5.02 Å². The van der Waals surface area contributed by atoms with E-state index in [9.17, 15) is 22.4 Å². The fraction of sp³-hybridized carbons (Fsp3) is 0.308. The Labute approximate surface area is 242 Å². The van der Waals surface area contributed by atoms with Crippen LogP contribution in [0.5, 0.6) is 0 Å². The summed E-state index contributed by atoms with van der Waals surface area (Å²) in [5, 5.41) is 17.2. The molecule has 2 amide bonds. The molecule has 0 saturated carbocycles. The van der Waals surface area contributed by atoms with Crippen LogP contribution in [-0.4, -0.2) is 55.3 Å². The van der Waals surface area contributed by atoms with Crippen LogP contribution in [0.1, 0.15) is 42.5 Å². The van der Waals surface area contributed by atoms with Crippen molar-refractivity contribution in [1.29, 1.82) is 0 Å². The molecule has 5 N–H and O–H groups in total. The molecule has 2 aromatic carbocycles. The van der Waals surface area contributed by atoms with Crippen molar-refractivity contribution in [3.63, 3.8) is 0 Å². The van der Waals surface area contributed by atoms with Gasteiger partial charge in [-0.25, -0.2) is 23.3 Å². The molecule has 0 bridgehead atoms. The highest BCUT2D eigenvalue weighted by Gasteiger charge is 2.17. The van der Waals surface area contributed by atoms with Gasteiger partial charge in [-0.3, -0.25) is 19.1 Å². The third-order valence-electron chi connectivity index (χ3n) is 5.95. The number of carbonyl (C=O) groups excluding carboxylic acids is 2. The SMILES string of the molecule is CN(c1ccccc1Nc1nc(Nc2ccc(C(=O)NCCCCCCC(=O)NO)c(F)c2)ncc1Cl)S(C)(=O)=O. The summed E-state index contributed by atoms with van der Waals surface area (Å²) in [6.45, 7) is 0.349. The molecule has 3 aromatic rings. The lowest BCUT2D eigenvalue weighted by Crippen LogP contribution is -2.25. The molecular formula is C26H31ClFN7O5S. The zero-order chi connectivity index (χ0) is 30.0. The number of unbranched alkanes of at least 4 members (excludes halogenated alkanes) is 3. The third-order valence-corrected chi connectivity index (χ3v) is 7.42. The van der Waals surface area contributed by atoms with Crippen LogP contribution in [-0.2, 0) is 14.8 Å². The maximum atomic E-state index is 14.7. The first-order chi connectivity index (χ1) is 19.5. The van der Waals surface area contributed by atoms with Gasteiger partial charge < -0.3 is 16.0 Å². The van der Waals surface area contributed by atoms with Gasteiger partial charge in [0.25, 0.3) is 5.91 Å². The van der Waals surface area contributed by atoms with E-state index in [-0.39, 0.29) is 34.5 Å². The second kappa shape index (κ2) is 14.6. The molecule has 0 saturated heterocycles. The van der Waals surface area contributed by atoms with Gasteiger partial charge in [0.2, 0.25) is 21.9 Å². The van der Waals surface area contributed by atoms with Gasteiger partial charge in [-0.1, -0.05) is 36.6 Å². The van der Waals surface area contributed by atoms with Crippen molar-refractivity contribution in [2.45, 2.75) is 32.1 Å². The summed E-state index contributed by atoms with van der Waals surface area (Å²) in [6, 6.07) is 10.7. The average molecular weight is 608 g/mol. The number of rotatable bonds is 14. The molecular weight excluding hydrogens is 577 g/mol. The highest BCUT2D eigenvalue weighted by molar-refractivity contribution is 7.92. The van der Waals surface area contributed by atoms with E-state index < -0.39 is 27.7 Å². The minimum atomic E-state index is -3.53. The van der Waals surface area contributed by atoms with E-state index in [0.29, 0.717) is 30.8 Å². The maximum Gasteiger partial charge on any atom is 0.254 e. The molecule has 0 atom stereocenters. The minimum absolute atomic E-state index is 0.0823. The fourth-order valence-corrected chi connectivity index (χ4v) is 4.35. The Hall–Kier alpha value is -4.01. The number of carbonyl (C=O) groups is 2. The number of halogens is 2. The number of anilines is 5. The van der Waals surface area contributed by atoms with Crippen molar-refractivity contribution >= 4 is 62.3 Å². The van der Waals surface area contributed by atoms with Gasteiger partial charge in [0.15, 0.2) is 5.82 Å². The van der Waals surface area contributed by atoms with Gasteiger partial charge in [-0.15, -0.1) is 0 Å². The van der Waals surface area contributed by atoms with Gasteiger partial charge in [0.05, 0.1) is 29.4 Å². The Balaban J connectivity index is 1.61. The Morgan fingerprint density at radius 1 is 1.07 bits per heavy atom. The van der Waals surface area contributed by atoms with E-state index in [4.69, 9.17) is 16.8 Å². The second-order valence-corrected chi connectivity index (χ2v) is 11.5. The van der Waals surface area contributed by atoms with Gasteiger partial charge in [-0.05, 0) is 43.2 Å². The van der Waals surface area contributed by atoms with Crippen LogP contribution >= 0.6 is 11.6 Å². The number of benzene rings is 2. The molecule has 0 fully saturated rings. The summed E-state index contributed by atoms with van der Waals surface area (Å²) in [6.07, 6.45) is 5.45. The van der Waals surface area contributed by atoms with Gasteiger partial charge in [-0.2, -0.15) is 4.98 Å². The third kappa shape index (κ3) is 9.27. The monoisotopic (exact) mass is 607 g/mol. The largest absolute Gasteiger partial charge is 0.352 e. The lowest BCUT2D eigenvalue weighted by molar-refractivity contribution is -0.129. The summed E-state index contributed by atoms with van der Waals surface area (Å²) in [4.78, 5) is 31.8. The minimum Gasteiger partial charge on any atom is -0.352 e. The van der Waals surface area contributed by atoms with Crippen molar-refractivity contribution in [3.05, 3.63) is 65.1 Å². The quantitative estimate of drug-likeness (QED) is 0.102. The first-order valence-electron chi connectivity index (χ1n) is 12.6. The fourth-order valence-electron chi connectivity index (χ4n) is 3.70. The van der Waals surface area contributed by atoms with Crippen LogP contribution in [0.25, 0.3) is 0 Å². The molecule has 220 valence electrons. The summed E-state index contributed by atoms with van der Waals surface area (Å²) >= 11 is 6.27. The van der Waals surface area contributed by atoms with E-state index in [1.807, 2.05) is 0 Å². The molecule has 12 nitrogen and oxygen atoms in total. The Kier molecular flexibility index (Phi) is 11.2. The molecule has 0 unspecified atom stereocenters. The molecule has 41 heavy (non-hydrogen) atoms. The first-order valence-corrected chi connectivity index (χ1v) is 14.8. The van der Waals surface area contributed by atoms with Crippen LogP contribution in [0.15, 0.2) is 48.7 Å². The van der Waals surface area contributed by atoms with E-state index in [1.165, 1.54) is 25.4 Å². The van der Waals surface area contributed by atoms with Crippen LogP contribution in [0.3, 0.4) is 0 Å². The zero-order valence-electron chi connectivity index (χ0n) is 22.4. The van der Waals surface area contributed by atoms with Gasteiger partial charge >= 0.3 is 0 Å².